The number of nitriles is 2. The van der Waals surface area contributed by atoms with Crippen molar-refractivity contribution in [1.29, 1.82) is 10.5 Å². The number of allylic oxidation sites excluding steroid dienone is 1. The Hall–Kier alpha value is -6.74. The summed E-state index contributed by atoms with van der Waals surface area (Å²) in [6, 6.07) is 56.8. The van der Waals surface area contributed by atoms with Gasteiger partial charge in [-0.15, -0.1) is 0 Å². The van der Waals surface area contributed by atoms with Crippen molar-refractivity contribution in [2.75, 3.05) is 0 Å². The molecule has 0 saturated heterocycles. The topological polar surface area (TPSA) is 47.6 Å². The van der Waals surface area contributed by atoms with E-state index in [1.165, 1.54) is 61.2 Å². The van der Waals surface area contributed by atoms with Gasteiger partial charge in [0.15, 0.2) is 0 Å². The van der Waals surface area contributed by atoms with E-state index in [4.69, 9.17) is 0 Å². The molecule has 8 rings (SSSR count). The summed E-state index contributed by atoms with van der Waals surface area (Å²) >= 11 is 0. The van der Waals surface area contributed by atoms with Crippen LogP contribution >= 0.6 is 0 Å². The van der Waals surface area contributed by atoms with Crippen molar-refractivity contribution in [3.8, 4) is 67.8 Å². The predicted molar refractivity (Wildman–Crippen MR) is 228 cm³/mol. The molecular weight excluding hydrogens is 665 g/mol. The summed E-state index contributed by atoms with van der Waals surface area (Å²) in [4.78, 5) is 0. The van der Waals surface area contributed by atoms with Crippen LogP contribution in [0.25, 0.3) is 61.2 Å². The highest BCUT2D eigenvalue weighted by Gasteiger charge is 2.28. The monoisotopic (exact) mass is 706 g/mol. The molecular formula is C53H42N2. The van der Waals surface area contributed by atoms with Crippen molar-refractivity contribution in [3.05, 3.63) is 197 Å². The third-order valence-electron chi connectivity index (χ3n) is 11.3. The zero-order chi connectivity index (χ0) is 38.1. The molecule has 0 aromatic heterocycles. The summed E-state index contributed by atoms with van der Waals surface area (Å²) in [5.41, 5.74) is 21.8. The van der Waals surface area contributed by atoms with Gasteiger partial charge in [-0.1, -0.05) is 122 Å². The Labute approximate surface area is 325 Å². The summed E-state index contributed by atoms with van der Waals surface area (Å²) in [5, 5.41) is 19.3. The standard InChI is InChI=1S/C53H42N2/c1-5-36(4)46-29-49(41-18-10-37(32-54)11-19-41)53(50(30-46)42-20-12-38(33-55)13-21-42)31-47-26-45-23-22-43(39-14-6-34(2)7-15-39)27-51(45)52-28-44(24-25-48(47)52)40-16-8-35(3)9-17-40/h6-25,27-30,47H,4-5,26,31H2,1-3H3. The SMILES string of the molecule is C=C(CC)c1cc(-c2ccc(C#N)cc2)c(CC2Cc3ccc(-c4ccc(C)cc4)cc3-c3cc(-c4ccc(C)cc4)ccc32)c(-c2ccc(C#N)cc2)c1. The van der Waals surface area contributed by atoms with Crippen molar-refractivity contribution < 1.29 is 0 Å². The first-order valence-electron chi connectivity index (χ1n) is 19.1. The highest BCUT2D eigenvalue weighted by Crippen LogP contribution is 2.47. The Morgan fingerprint density at radius 3 is 1.49 bits per heavy atom. The Bertz CT molecular complexity index is 2570. The quantitative estimate of drug-likeness (QED) is 0.158. The van der Waals surface area contributed by atoms with E-state index in [1.807, 2.05) is 24.3 Å². The molecule has 55 heavy (non-hydrogen) atoms. The zero-order valence-electron chi connectivity index (χ0n) is 31.7. The first-order valence-corrected chi connectivity index (χ1v) is 19.1. The van der Waals surface area contributed by atoms with Crippen molar-refractivity contribution in [2.45, 2.75) is 46.0 Å². The Kier molecular flexibility index (Phi) is 9.59. The largest absolute Gasteiger partial charge is 0.192 e. The molecule has 1 aliphatic carbocycles. The number of rotatable bonds is 8. The van der Waals surface area contributed by atoms with Gasteiger partial charge in [0.1, 0.15) is 0 Å². The molecule has 1 aliphatic rings. The number of fused-ring (bicyclic) bond motifs is 3. The molecule has 1 atom stereocenters. The first kappa shape index (κ1) is 35.3. The molecule has 1 unspecified atom stereocenters. The lowest BCUT2D eigenvalue weighted by Crippen LogP contribution is -2.15. The molecule has 0 aliphatic heterocycles. The van der Waals surface area contributed by atoms with Crippen molar-refractivity contribution >= 4 is 5.57 Å². The molecule has 0 heterocycles. The van der Waals surface area contributed by atoms with Crippen LogP contribution in [0.15, 0.2) is 152 Å². The van der Waals surface area contributed by atoms with Crippen molar-refractivity contribution in [2.24, 2.45) is 0 Å². The lowest BCUT2D eigenvalue weighted by Gasteiger charge is -2.31. The molecule has 0 radical (unpaired) electrons. The molecule has 7 aromatic carbocycles. The van der Waals surface area contributed by atoms with Crippen LogP contribution in [0.2, 0.25) is 0 Å². The van der Waals surface area contributed by atoms with E-state index in [1.54, 1.807) is 0 Å². The number of hydrogen-bond acceptors (Lipinski definition) is 2. The summed E-state index contributed by atoms with van der Waals surface area (Å²) in [7, 11) is 0. The van der Waals surface area contributed by atoms with E-state index in [0.29, 0.717) is 11.1 Å². The van der Waals surface area contributed by atoms with Crippen molar-refractivity contribution in [1.82, 2.24) is 0 Å². The minimum Gasteiger partial charge on any atom is -0.192 e. The molecule has 0 amide bonds. The molecule has 0 bridgehead atoms. The maximum atomic E-state index is 9.64. The third kappa shape index (κ3) is 7.04. The summed E-state index contributed by atoms with van der Waals surface area (Å²) in [5.74, 6) is 0.203. The van der Waals surface area contributed by atoms with Gasteiger partial charge in [-0.05, 0) is 171 Å². The second-order valence-corrected chi connectivity index (χ2v) is 14.9. The fraction of sp³-hybridized carbons (Fsp3) is 0.132. The van der Waals surface area contributed by atoms with Gasteiger partial charge in [0.2, 0.25) is 0 Å². The van der Waals surface area contributed by atoms with Gasteiger partial charge in [-0.3, -0.25) is 0 Å². The van der Waals surface area contributed by atoms with Gasteiger partial charge in [0.05, 0.1) is 23.3 Å². The van der Waals surface area contributed by atoms with E-state index in [9.17, 15) is 10.5 Å². The molecule has 2 heteroatoms. The Morgan fingerprint density at radius 2 is 1.00 bits per heavy atom. The smallest absolute Gasteiger partial charge is 0.0991 e. The fourth-order valence-electron chi connectivity index (χ4n) is 8.07. The zero-order valence-corrected chi connectivity index (χ0v) is 31.7. The second kappa shape index (κ2) is 14.9. The van der Waals surface area contributed by atoms with E-state index < -0.39 is 0 Å². The minimum atomic E-state index is 0.203. The maximum Gasteiger partial charge on any atom is 0.0991 e. The second-order valence-electron chi connectivity index (χ2n) is 14.9. The molecule has 264 valence electrons. The summed E-state index contributed by atoms with van der Waals surface area (Å²) in [6.07, 6.45) is 2.54. The van der Waals surface area contributed by atoms with E-state index in [0.717, 1.165) is 52.7 Å². The highest BCUT2D eigenvalue weighted by atomic mass is 14.3. The molecule has 0 fully saturated rings. The van der Waals surface area contributed by atoms with E-state index in [-0.39, 0.29) is 5.92 Å². The van der Waals surface area contributed by atoms with Gasteiger partial charge in [0, 0.05) is 0 Å². The Balaban J connectivity index is 1.32. The summed E-state index contributed by atoms with van der Waals surface area (Å²) in [6.45, 7) is 10.9. The van der Waals surface area contributed by atoms with Gasteiger partial charge in [-0.2, -0.15) is 10.5 Å². The lowest BCUT2D eigenvalue weighted by atomic mass is 9.73. The van der Waals surface area contributed by atoms with Crippen LogP contribution in [0.5, 0.6) is 0 Å². The number of aryl methyl sites for hydroxylation is 2. The van der Waals surface area contributed by atoms with Crippen LogP contribution in [-0.2, 0) is 12.8 Å². The minimum absolute atomic E-state index is 0.203. The van der Waals surface area contributed by atoms with Gasteiger partial charge < -0.3 is 0 Å². The van der Waals surface area contributed by atoms with E-state index in [2.05, 4.69) is 161 Å². The summed E-state index contributed by atoms with van der Waals surface area (Å²) < 4.78 is 0. The molecule has 0 saturated carbocycles. The van der Waals surface area contributed by atoms with E-state index >= 15 is 0 Å². The fourth-order valence-corrected chi connectivity index (χ4v) is 8.07. The third-order valence-corrected chi connectivity index (χ3v) is 11.3. The molecule has 0 N–H and O–H groups in total. The van der Waals surface area contributed by atoms with Crippen LogP contribution in [0.4, 0.5) is 0 Å². The first-order chi connectivity index (χ1) is 26.8. The van der Waals surface area contributed by atoms with Crippen LogP contribution in [-0.4, -0.2) is 0 Å². The maximum absolute atomic E-state index is 9.64. The van der Waals surface area contributed by atoms with Gasteiger partial charge in [0.25, 0.3) is 0 Å². The molecule has 0 spiro atoms. The van der Waals surface area contributed by atoms with Gasteiger partial charge in [-0.25, -0.2) is 0 Å². The van der Waals surface area contributed by atoms with Crippen LogP contribution in [0, 0.1) is 36.5 Å². The Morgan fingerprint density at radius 1 is 0.545 bits per heavy atom. The highest BCUT2D eigenvalue weighted by molar-refractivity contribution is 5.86. The predicted octanol–water partition coefficient (Wildman–Crippen LogP) is 13.7. The number of benzene rings is 7. The van der Waals surface area contributed by atoms with Gasteiger partial charge >= 0.3 is 0 Å². The average Bonchev–Trinajstić information content (AvgIpc) is 3.23. The van der Waals surface area contributed by atoms with Crippen LogP contribution < -0.4 is 0 Å². The lowest BCUT2D eigenvalue weighted by molar-refractivity contribution is 0.674. The number of hydrogen-bond donors (Lipinski definition) is 0. The average molecular weight is 707 g/mol. The normalized spacial score (nSPS) is 12.9. The molecule has 7 aromatic rings. The molecule has 2 nitrogen and oxygen atoms in total. The number of nitrogens with zero attached hydrogens (tertiary/aromatic N) is 2. The van der Waals surface area contributed by atoms with Crippen molar-refractivity contribution in [3.63, 3.8) is 0 Å². The van der Waals surface area contributed by atoms with Crippen LogP contribution in [0.3, 0.4) is 0 Å². The van der Waals surface area contributed by atoms with Crippen LogP contribution in [0.1, 0.15) is 63.8 Å².